The number of piperidine rings is 1. The standard InChI is InChI=1S/C17H25N3O2/c1-3-22-16(21)15-6-4-14(5-7-15)12-19-17(18)20-10-8-13(2)9-11-20/h4-7,13H,3,8-12H2,1-2H3,(H2,18,19). The van der Waals surface area contributed by atoms with Crippen molar-refractivity contribution in [3.63, 3.8) is 0 Å². The summed E-state index contributed by atoms with van der Waals surface area (Å²) in [5.74, 6) is 1.10. The lowest BCUT2D eigenvalue weighted by atomic mass is 10.00. The number of guanidine groups is 1. The third kappa shape index (κ3) is 4.48. The molecule has 0 unspecified atom stereocenters. The molecule has 22 heavy (non-hydrogen) atoms. The van der Waals surface area contributed by atoms with Gasteiger partial charge in [-0.25, -0.2) is 9.79 Å². The number of ether oxygens (including phenoxy) is 1. The molecular weight excluding hydrogens is 278 g/mol. The average Bonchev–Trinajstić information content (AvgIpc) is 2.54. The molecule has 5 heteroatoms. The van der Waals surface area contributed by atoms with Crippen molar-refractivity contribution in [1.29, 1.82) is 0 Å². The van der Waals surface area contributed by atoms with Gasteiger partial charge < -0.3 is 15.4 Å². The van der Waals surface area contributed by atoms with E-state index < -0.39 is 0 Å². The van der Waals surface area contributed by atoms with Gasteiger partial charge in [0, 0.05) is 13.1 Å². The van der Waals surface area contributed by atoms with Gasteiger partial charge in [-0.1, -0.05) is 19.1 Å². The molecule has 0 atom stereocenters. The zero-order chi connectivity index (χ0) is 15.9. The van der Waals surface area contributed by atoms with Crippen molar-refractivity contribution in [2.24, 2.45) is 16.6 Å². The highest BCUT2D eigenvalue weighted by Crippen LogP contribution is 2.15. The van der Waals surface area contributed by atoms with Crippen molar-refractivity contribution < 1.29 is 9.53 Å². The van der Waals surface area contributed by atoms with E-state index in [1.54, 1.807) is 19.1 Å². The van der Waals surface area contributed by atoms with Crippen LogP contribution in [0.1, 0.15) is 42.6 Å². The van der Waals surface area contributed by atoms with Gasteiger partial charge in [0.2, 0.25) is 0 Å². The molecule has 1 aliphatic heterocycles. The summed E-state index contributed by atoms with van der Waals surface area (Å²) in [5, 5.41) is 0. The fourth-order valence-electron chi connectivity index (χ4n) is 2.47. The number of aliphatic imine (C=N–C) groups is 1. The Hall–Kier alpha value is -2.04. The van der Waals surface area contributed by atoms with E-state index in [-0.39, 0.29) is 5.97 Å². The first-order chi connectivity index (χ1) is 10.6. The minimum absolute atomic E-state index is 0.292. The van der Waals surface area contributed by atoms with Crippen LogP contribution in [0.15, 0.2) is 29.3 Å². The molecule has 1 aliphatic rings. The summed E-state index contributed by atoms with van der Waals surface area (Å²) in [5.41, 5.74) is 7.65. The van der Waals surface area contributed by atoms with E-state index in [0.29, 0.717) is 24.7 Å². The first kappa shape index (κ1) is 16.3. The predicted molar refractivity (Wildman–Crippen MR) is 87.7 cm³/mol. The monoisotopic (exact) mass is 303 g/mol. The van der Waals surface area contributed by atoms with Gasteiger partial charge in [0.25, 0.3) is 0 Å². The van der Waals surface area contributed by atoms with Gasteiger partial charge in [0.1, 0.15) is 0 Å². The number of hydrogen-bond acceptors (Lipinski definition) is 3. The highest BCUT2D eigenvalue weighted by molar-refractivity contribution is 5.89. The Labute approximate surface area is 132 Å². The fourth-order valence-corrected chi connectivity index (χ4v) is 2.47. The van der Waals surface area contributed by atoms with E-state index in [9.17, 15) is 4.79 Å². The van der Waals surface area contributed by atoms with Crippen LogP contribution in [0, 0.1) is 5.92 Å². The van der Waals surface area contributed by atoms with E-state index in [4.69, 9.17) is 10.5 Å². The van der Waals surface area contributed by atoms with Crippen molar-refractivity contribution in [3.05, 3.63) is 35.4 Å². The Bertz CT molecular complexity index is 517. The van der Waals surface area contributed by atoms with Gasteiger partial charge in [0.15, 0.2) is 5.96 Å². The van der Waals surface area contributed by atoms with Crippen LogP contribution in [0.4, 0.5) is 0 Å². The molecule has 0 amide bonds. The number of rotatable bonds is 4. The fraction of sp³-hybridized carbons (Fsp3) is 0.529. The second kappa shape index (κ2) is 7.82. The third-order valence-electron chi connectivity index (χ3n) is 4.00. The second-order valence-electron chi connectivity index (χ2n) is 5.76. The largest absolute Gasteiger partial charge is 0.462 e. The molecule has 2 N–H and O–H groups in total. The van der Waals surface area contributed by atoms with Gasteiger partial charge in [0.05, 0.1) is 18.7 Å². The van der Waals surface area contributed by atoms with Crippen molar-refractivity contribution in [1.82, 2.24) is 4.90 Å². The summed E-state index contributed by atoms with van der Waals surface area (Å²) in [4.78, 5) is 18.2. The van der Waals surface area contributed by atoms with Crippen LogP contribution in [-0.4, -0.2) is 36.5 Å². The number of nitrogens with zero attached hydrogens (tertiary/aromatic N) is 2. The Morgan fingerprint density at radius 1 is 1.32 bits per heavy atom. The Morgan fingerprint density at radius 2 is 1.95 bits per heavy atom. The van der Waals surface area contributed by atoms with E-state index in [0.717, 1.165) is 24.6 Å². The lowest BCUT2D eigenvalue weighted by Gasteiger charge is -2.31. The number of nitrogens with two attached hydrogens (primary N) is 1. The van der Waals surface area contributed by atoms with Crippen LogP contribution in [0.2, 0.25) is 0 Å². The first-order valence-electron chi connectivity index (χ1n) is 7.91. The molecular formula is C17H25N3O2. The number of carbonyl (C=O) groups is 1. The van der Waals surface area contributed by atoms with Gasteiger partial charge in [-0.3, -0.25) is 0 Å². The zero-order valence-corrected chi connectivity index (χ0v) is 13.4. The first-order valence-corrected chi connectivity index (χ1v) is 7.91. The molecule has 5 nitrogen and oxygen atoms in total. The van der Waals surface area contributed by atoms with Crippen LogP contribution < -0.4 is 5.73 Å². The van der Waals surface area contributed by atoms with E-state index >= 15 is 0 Å². The van der Waals surface area contributed by atoms with Crippen LogP contribution in [0.5, 0.6) is 0 Å². The van der Waals surface area contributed by atoms with Gasteiger partial charge in [-0.15, -0.1) is 0 Å². The summed E-state index contributed by atoms with van der Waals surface area (Å²) in [6, 6.07) is 7.31. The molecule has 0 spiro atoms. The zero-order valence-electron chi connectivity index (χ0n) is 13.4. The van der Waals surface area contributed by atoms with Crippen molar-refractivity contribution in [3.8, 4) is 0 Å². The quantitative estimate of drug-likeness (QED) is 0.527. The molecule has 1 fully saturated rings. The number of carbonyl (C=O) groups excluding carboxylic acids is 1. The van der Waals surface area contributed by atoms with E-state index in [2.05, 4.69) is 16.8 Å². The van der Waals surface area contributed by atoms with Gasteiger partial charge in [-0.05, 0) is 43.4 Å². The summed E-state index contributed by atoms with van der Waals surface area (Å²) in [6.45, 7) is 6.95. The highest BCUT2D eigenvalue weighted by atomic mass is 16.5. The van der Waals surface area contributed by atoms with E-state index in [1.165, 1.54) is 12.8 Å². The maximum Gasteiger partial charge on any atom is 0.338 e. The number of esters is 1. The molecule has 1 aromatic carbocycles. The molecule has 1 heterocycles. The normalized spacial score (nSPS) is 16.6. The summed E-state index contributed by atoms with van der Waals surface area (Å²) >= 11 is 0. The SMILES string of the molecule is CCOC(=O)c1ccc(CN=C(N)N2CCC(C)CC2)cc1. The topological polar surface area (TPSA) is 67.9 Å². The molecule has 0 radical (unpaired) electrons. The van der Waals surface area contributed by atoms with E-state index in [1.807, 2.05) is 12.1 Å². The third-order valence-corrected chi connectivity index (χ3v) is 4.00. The van der Waals surface area contributed by atoms with Crippen LogP contribution in [0.3, 0.4) is 0 Å². The predicted octanol–water partition coefficient (Wildman–Crippen LogP) is 2.41. The van der Waals surface area contributed by atoms with Gasteiger partial charge in [-0.2, -0.15) is 0 Å². The molecule has 0 saturated carbocycles. The Balaban J connectivity index is 1.90. The lowest BCUT2D eigenvalue weighted by Crippen LogP contribution is -2.42. The summed E-state index contributed by atoms with van der Waals surface area (Å²) in [6.07, 6.45) is 2.34. The molecule has 1 aromatic rings. The molecule has 2 rings (SSSR count). The molecule has 0 aromatic heterocycles. The van der Waals surface area contributed by atoms with Crippen molar-refractivity contribution in [2.75, 3.05) is 19.7 Å². The summed E-state index contributed by atoms with van der Waals surface area (Å²) < 4.78 is 4.96. The van der Waals surface area contributed by atoms with Crippen molar-refractivity contribution in [2.45, 2.75) is 33.2 Å². The van der Waals surface area contributed by atoms with Crippen molar-refractivity contribution >= 4 is 11.9 Å². The minimum atomic E-state index is -0.292. The average molecular weight is 303 g/mol. The lowest BCUT2D eigenvalue weighted by molar-refractivity contribution is 0.0526. The smallest absolute Gasteiger partial charge is 0.338 e. The van der Waals surface area contributed by atoms with Crippen LogP contribution in [0.25, 0.3) is 0 Å². The van der Waals surface area contributed by atoms with Gasteiger partial charge >= 0.3 is 5.97 Å². The Morgan fingerprint density at radius 3 is 2.55 bits per heavy atom. The van der Waals surface area contributed by atoms with Crippen LogP contribution in [-0.2, 0) is 11.3 Å². The minimum Gasteiger partial charge on any atom is -0.462 e. The molecule has 120 valence electrons. The number of hydrogen-bond donors (Lipinski definition) is 1. The molecule has 0 aliphatic carbocycles. The molecule has 0 bridgehead atoms. The Kier molecular flexibility index (Phi) is 5.81. The summed E-state index contributed by atoms with van der Waals surface area (Å²) in [7, 11) is 0. The maximum absolute atomic E-state index is 11.6. The molecule has 1 saturated heterocycles. The number of likely N-dealkylation sites (tertiary alicyclic amines) is 1. The van der Waals surface area contributed by atoms with Crippen LogP contribution >= 0.6 is 0 Å². The second-order valence-corrected chi connectivity index (χ2v) is 5.76. The number of benzene rings is 1. The highest BCUT2D eigenvalue weighted by Gasteiger charge is 2.16. The maximum atomic E-state index is 11.6.